The number of aryl methyl sites for hydroxylation is 1. The zero-order chi connectivity index (χ0) is 16.5. The van der Waals surface area contributed by atoms with Gasteiger partial charge in [-0.2, -0.15) is 5.10 Å². The highest BCUT2D eigenvalue weighted by molar-refractivity contribution is 6.06. The van der Waals surface area contributed by atoms with Crippen molar-refractivity contribution in [1.29, 1.82) is 0 Å². The molecule has 0 bridgehead atoms. The fourth-order valence-corrected chi connectivity index (χ4v) is 2.33. The normalized spacial score (nSPS) is 13.0. The van der Waals surface area contributed by atoms with Crippen molar-refractivity contribution >= 4 is 22.8 Å². The van der Waals surface area contributed by atoms with E-state index in [9.17, 15) is 9.59 Å². The minimum atomic E-state index is -0.745. The van der Waals surface area contributed by atoms with E-state index >= 15 is 0 Å². The summed E-state index contributed by atoms with van der Waals surface area (Å²) in [6.07, 6.45) is 0. The first-order chi connectivity index (χ1) is 10.3. The Labute approximate surface area is 129 Å². The van der Waals surface area contributed by atoms with E-state index in [4.69, 9.17) is 4.74 Å². The van der Waals surface area contributed by atoms with Crippen LogP contribution >= 0.6 is 0 Å². The van der Waals surface area contributed by atoms with Crippen molar-refractivity contribution in [2.75, 3.05) is 7.11 Å². The van der Waals surface area contributed by atoms with Crippen LogP contribution in [-0.2, 0) is 16.6 Å². The summed E-state index contributed by atoms with van der Waals surface area (Å²) in [5.74, 6) is -0.858. The number of rotatable bonds is 3. The van der Waals surface area contributed by atoms with Crippen molar-refractivity contribution in [3.63, 3.8) is 0 Å². The summed E-state index contributed by atoms with van der Waals surface area (Å²) in [4.78, 5) is 24.5. The fraction of sp³-hybridized carbons (Fsp3) is 0.438. The lowest BCUT2D eigenvalue weighted by molar-refractivity contribution is -0.145. The van der Waals surface area contributed by atoms with Gasteiger partial charge < -0.3 is 10.1 Å². The van der Waals surface area contributed by atoms with Gasteiger partial charge in [-0.25, -0.2) is 4.79 Å². The van der Waals surface area contributed by atoms with Crippen LogP contribution in [0.5, 0.6) is 0 Å². The van der Waals surface area contributed by atoms with E-state index in [-0.39, 0.29) is 5.91 Å². The number of carbonyl (C=O) groups is 2. The lowest BCUT2D eigenvalue weighted by Crippen LogP contribution is -2.49. The Bertz CT molecular complexity index is 713. The van der Waals surface area contributed by atoms with Crippen molar-refractivity contribution in [3.05, 3.63) is 30.0 Å². The second-order valence-corrected chi connectivity index (χ2v) is 6.29. The van der Waals surface area contributed by atoms with Crippen molar-refractivity contribution in [1.82, 2.24) is 15.1 Å². The van der Waals surface area contributed by atoms with Crippen molar-refractivity contribution in [2.24, 2.45) is 12.5 Å². The number of hydrogen-bond donors (Lipinski definition) is 1. The molecular weight excluding hydrogens is 282 g/mol. The number of esters is 1. The van der Waals surface area contributed by atoms with Gasteiger partial charge in [-0.3, -0.25) is 9.48 Å². The number of carbonyl (C=O) groups excluding carboxylic acids is 2. The molecule has 0 saturated heterocycles. The van der Waals surface area contributed by atoms with Crippen LogP contribution in [-0.4, -0.2) is 34.8 Å². The molecular formula is C16H21N3O3. The number of ether oxygens (including phenoxy) is 1. The lowest BCUT2D eigenvalue weighted by Gasteiger charge is -2.28. The average Bonchev–Trinajstić information content (AvgIpc) is 2.80. The van der Waals surface area contributed by atoms with Gasteiger partial charge in [-0.05, 0) is 11.5 Å². The Hall–Kier alpha value is -2.37. The molecule has 1 aromatic carbocycles. The number of methoxy groups -OCH3 is 1. The summed E-state index contributed by atoms with van der Waals surface area (Å²) in [6, 6.07) is 6.72. The quantitative estimate of drug-likeness (QED) is 0.879. The maximum absolute atomic E-state index is 12.6. The zero-order valence-electron chi connectivity index (χ0n) is 13.5. The van der Waals surface area contributed by atoms with Crippen LogP contribution in [0.1, 0.15) is 31.3 Å². The van der Waals surface area contributed by atoms with Gasteiger partial charge in [0.15, 0.2) is 5.69 Å². The molecule has 1 amide bonds. The Morgan fingerprint density at radius 2 is 1.91 bits per heavy atom. The molecule has 0 saturated carbocycles. The minimum Gasteiger partial charge on any atom is -0.467 e. The smallest absolute Gasteiger partial charge is 0.328 e. The van der Waals surface area contributed by atoms with E-state index in [1.807, 2.05) is 45.0 Å². The Kier molecular flexibility index (Phi) is 4.21. The molecule has 22 heavy (non-hydrogen) atoms. The number of nitrogens with one attached hydrogen (secondary N) is 1. The van der Waals surface area contributed by atoms with Crippen LogP contribution < -0.4 is 5.32 Å². The highest BCUT2D eigenvalue weighted by Gasteiger charge is 2.34. The number of nitrogens with zero attached hydrogens (tertiary/aromatic N) is 2. The Morgan fingerprint density at radius 1 is 1.27 bits per heavy atom. The van der Waals surface area contributed by atoms with Crippen LogP contribution in [0.2, 0.25) is 0 Å². The second kappa shape index (κ2) is 5.79. The molecule has 0 spiro atoms. The number of aromatic nitrogens is 2. The number of benzene rings is 1. The van der Waals surface area contributed by atoms with Gasteiger partial charge in [0.25, 0.3) is 5.91 Å². The van der Waals surface area contributed by atoms with Crippen LogP contribution in [0.4, 0.5) is 0 Å². The van der Waals surface area contributed by atoms with Gasteiger partial charge in [-0.1, -0.05) is 39.0 Å². The molecule has 0 unspecified atom stereocenters. The van der Waals surface area contributed by atoms with Crippen LogP contribution in [0.3, 0.4) is 0 Å². The second-order valence-electron chi connectivity index (χ2n) is 6.29. The predicted octanol–water partition coefficient (Wildman–Crippen LogP) is 1.89. The van der Waals surface area contributed by atoms with Crippen molar-refractivity contribution in [2.45, 2.75) is 26.8 Å². The summed E-state index contributed by atoms with van der Waals surface area (Å²) in [7, 11) is 3.09. The SMILES string of the molecule is COC(=O)[C@@H](NC(=O)c1nn(C)c2ccccc12)C(C)(C)C. The largest absolute Gasteiger partial charge is 0.467 e. The third kappa shape index (κ3) is 2.95. The van der Waals surface area contributed by atoms with E-state index < -0.39 is 17.4 Å². The van der Waals surface area contributed by atoms with Crippen LogP contribution in [0.15, 0.2) is 24.3 Å². The first kappa shape index (κ1) is 16.0. The Balaban J connectivity index is 2.36. The number of para-hydroxylation sites is 1. The molecule has 1 heterocycles. The van der Waals surface area contributed by atoms with E-state index in [0.29, 0.717) is 5.69 Å². The molecule has 0 aliphatic carbocycles. The zero-order valence-corrected chi connectivity index (χ0v) is 13.5. The van der Waals surface area contributed by atoms with Crippen molar-refractivity contribution < 1.29 is 14.3 Å². The molecule has 2 aromatic rings. The van der Waals surface area contributed by atoms with Gasteiger partial charge in [0.05, 0.1) is 12.6 Å². The van der Waals surface area contributed by atoms with E-state index in [2.05, 4.69) is 10.4 Å². The molecule has 1 atom stereocenters. The van der Waals surface area contributed by atoms with Gasteiger partial charge in [-0.15, -0.1) is 0 Å². The van der Waals surface area contributed by atoms with E-state index in [1.165, 1.54) is 7.11 Å². The first-order valence-electron chi connectivity index (χ1n) is 7.06. The summed E-state index contributed by atoms with van der Waals surface area (Å²) >= 11 is 0. The van der Waals surface area contributed by atoms with E-state index in [0.717, 1.165) is 10.9 Å². The summed E-state index contributed by atoms with van der Waals surface area (Å²) in [5.41, 5.74) is 0.696. The lowest BCUT2D eigenvalue weighted by atomic mass is 9.86. The fourth-order valence-electron chi connectivity index (χ4n) is 2.33. The van der Waals surface area contributed by atoms with E-state index in [1.54, 1.807) is 11.7 Å². The average molecular weight is 303 g/mol. The molecule has 6 nitrogen and oxygen atoms in total. The highest BCUT2D eigenvalue weighted by atomic mass is 16.5. The van der Waals surface area contributed by atoms with Gasteiger partial charge >= 0.3 is 5.97 Å². The van der Waals surface area contributed by atoms with Gasteiger partial charge in [0, 0.05) is 12.4 Å². The molecule has 1 aromatic heterocycles. The summed E-state index contributed by atoms with van der Waals surface area (Å²) in [5, 5.41) is 7.75. The number of hydrogen-bond acceptors (Lipinski definition) is 4. The molecule has 0 fully saturated rings. The molecule has 6 heteroatoms. The van der Waals surface area contributed by atoms with Crippen molar-refractivity contribution in [3.8, 4) is 0 Å². The number of fused-ring (bicyclic) bond motifs is 1. The van der Waals surface area contributed by atoms with Gasteiger partial charge in [0.1, 0.15) is 6.04 Å². The minimum absolute atomic E-state index is 0.302. The standard InChI is InChI=1S/C16H21N3O3/c1-16(2,3)13(15(21)22-5)17-14(20)12-10-8-6-7-9-11(10)19(4)18-12/h6-9,13H,1-5H3,(H,17,20)/t13-/m1/s1. The molecule has 0 aliphatic rings. The molecule has 0 aliphatic heterocycles. The van der Waals surface area contributed by atoms with Crippen LogP contribution in [0, 0.1) is 5.41 Å². The predicted molar refractivity (Wildman–Crippen MR) is 83.4 cm³/mol. The summed E-state index contributed by atoms with van der Waals surface area (Å²) < 4.78 is 6.44. The first-order valence-corrected chi connectivity index (χ1v) is 7.06. The monoisotopic (exact) mass is 303 g/mol. The molecule has 0 radical (unpaired) electrons. The maximum Gasteiger partial charge on any atom is 0.328 e. The maximum atomic E-state index is 12.6. The molecule has 2 rings (SSSR count). The highest BCUT2D eigenvalue weighted by Crippen LogP contribution is 2.22. The topological polar surface area (TPSA) is 73.2 Å². The molecule has 1 N–H and O–H groups in total. The third-order valence-corrected chi connectivity index (χ3v) is 3.55. The van der Waals surface area contributed by atoms with Crippen LogP contribution in [0.25, 0.3) is 10.9 Å². The Morgan fingerprint density at radius 3 is 2.50 bits per heavy atom. The number of amides is 1. The summed E-state index contributed by atoms with van der Waals surface area (Å²) in [6.45, 7) is 5.60. The molecule has 118 valence electrons. The third-order valence-electron chi connectivity index (χ3n) is 3.55. The van der Waals surface area contributed by atoms with Gasteiger partial charge in [0.2, 0.25) is 0 Å².